The zero-order valence-electron chi connectivity index (χ0n) is 8.04. The molecular formula is C10H12ClNO2. The zero-order valence-corrected chi connectivity index (χ0v) is 8.80. The van der Waals surface area contributed by atoms with Gasteiger partial charge in [0.25, 0.3) is 0 Å². The van der Waals surface area contributed by atoms with Crippen molar-refractivity contribution in [1.29, 1.82) is 0 Å². The lowest BCUT2D eigenvalue weighted by Crippen LogP contribution is -2.27. The fourth-order valence-electron chi connectivity index (χ4n) is 1.13. The summed E-state index contributed by atoms with van der Waals surface area (Å²) in [6.07, 6.45) is 0. The molecule has 0 amide bonds. The Morgan fingerprint density at radius 1 is 1.57 bits per heavy atom. The second-order valence-corrected chi connectivity index (χ2v) is 3.62. The Labute approximate surface area is 87.5 Å². The van der Waals surface area contributed by atoms with E-state index < -0.39 is 6.04 Å². The molecule has 1 aromatic carbocycles. The maximum absolute atomic E-state index is 11.6. The number of ketones is 1. The van der Waals surface area contributed by atoms with Crippen LogP contribution in [0, 0.1) is 6.92 Å². The largest absolute Gasteiger partial charge is 0.507 e. The molecular weight excluding hydrogens is 202 g/mol. The monoisotopic (exact) mass is 213 g/mol. The zero-order chi connectivity index (χ0) is 10.9. The molecule has 3 nitrogen and oxygen atoms in total. The molecule has 0 aliphatic heterocycles. The molecule has 0 radical (unpaired) electrons. The normalized spacial score (nSPS) is 12.6. The molecule has 1 aromatic rings. The Morgan fingerprint density at radius 2 is 2.14 bits per heavy atom. The van der Waals surface area contributed by atoms with Gasteiger partial charge in [0.05, 0.1) is 16.6 Å². The molecule has 3 N–H and O–H groups in total. The van der Waals surface area contributed by atoms with Crippen molar-refractivity contribution in [3.8, 4) is 5.75 Å². The second kappa shape index (κ2) is 3.98. The van der Waals surface area contributed by atoms with Gasteiger partial charge in [-0.25, -0.2) is 0 Å². The SMILES string of the molecule is Cc1ccc(O)c(C(=O)C(C)N)c1Cl. The van der Waals surface area contributed by atoms with Crippen LogP contribution in [-0.4, -0.2) is 16.9 Å². The van der Waals surface area contributed by atoms with Crippen molar-refractivity contribution in [2.45, 2.75) is 19.9 Å². The molecule has 0 saturated carbocycles. The molecule has 1 unspecified atom stereocenters. The van der Waals surface area contributed by atoms with Crippen molar-refractivity contribution in [2.75, 3.05) is 0 Å². The van der Waals surface area contributed by atoms with E-state index in [-0.39, 0.29) is 22.1 Å². The standard InChI is InChI=1S/C10H12ClNO2/c1-5-3-4-7(13)8(9(5)11)10(14)6(2)12/h3-4,6,13H,12H2,1-2H3. The number of carbonyl (C=O) groups excluding carboxylic acids is 1. The van der Waals surface area contributed by atoms with Crippen LogP contribution in [0.3, 0.4) is 0 Å². The Morgan fingerprint density at radius 3 is 2.64 bits per heavy atom. The number of carbonyl (C=O) groups is 1. The fourth-order valence-corrected chi connectivity index (χ4v) is 1.39. The highest BCUT2D eigenvalue weighted by molar-refractivity contribution is 6.35. The van der Waals surface area contributed by atoms with Crippen LogP contribution >= 0.6 is 11.6 Å². The third kappa shape index (κ3) is 1.89. The lowest BCUT2D eigenvalue weighted by molar-refractivity contribution is 0.0965. The number of Topliss-reactive ketones (excluding diaryl/α,β-unsaturated/α-hetero) is 1. The predicted octanol–water partition coefficient (Wildman–Crippen LogP) is 1.88. The van der Waals surface area contributed by atoms with Gasteiger partial charge >= 0.3 is 0 Å². The van der Waals surface area contributed by atoms with Gasteiger partial charge in [0.2, 0.25) is 0 Å². The number of hydrogen-bond acceptors (Lipinski definition) is 3. The van der Waals surface area contributed by atoms with Gasteiger partial charge in [-0.15, -0.1) is 0 Å². The smallest absolute Gasteiger partial charge is 0.184 e. The van der Waals surface area contributed by atoms with Crippen LogP contribution in [0.4, 0.5) is 0 Å². The average molecular weight is 214 g/mol. The highest BCUT2D eigenvalue weighted by atomic mass is 35.5. The molecule has 4 heteroatoms. The predicted molar refractivity (Wildman–Crippen MR) is 55.8 cm³/mol. The van der Waals surface area contributed by atoms with Gasteiger partial charge in [-0.1, -0.05) is 17.7 Å². The minimum atomic E-state index is -0.666. The summed E-state index contributed by atoms with van der Waals surface area (Å²) in [6, 6.07) is 2.42. The first-order chi connectivity index (χ1) is 6.45. The molecule has 0 fully saturated rings. The molecule has 1 rings (SSSR count). The van der Waals surface area contributed by atoms with Crippen molar-refractivity contribution >= 4 is 17.4 Å². The Bertz CT molecular complexity index is 375. The van der Waals surface area contributed by atoms with Crippen LogP contribution in [0.25, 0.3) is 0 Å². The molecule has 0 aliphatic carbocycles. The van der Waals surface area contributed by atoms with Crippen LogP contribution in [-0.2, 0) is 0 Å². The first kappa shape index (κ1) is 11.0. The summed E-state index contributed by atoms with van der Waals surface area (Å²) in [5, 5.41) is 9.74. The number of benzene rings is 1. The van der Waals surface area contributed by atoms with E-state index in [9.17, 15) is 9.90 Å². The minimum absolute atomic E-state index is 0.113. The first-order valence-electron chi connectivity index (χ1n) is 4.23. The van der Waals surface area contributed by atoms with Crippen LogP contribution in [0.2, 0.25) is 5.02 Å². The topological polar surface area (TPSA) is 63.3 Å². The Kier molecular flexibility index (Phi) is 3.13. The number of aromatic hydroxyl groups is 1. The van der Waals surface area contributed by atoms with Gasteiger partial charge in [-0.05, 0) is 25.5 Å². The van der Waals surface area contributed by atoms with E-state index in [1.54, 1.807) is 19.9 Å². The lowest BCUT2D eigenvalue weighted by Gasteiger charge is -2.10. The summed E-state index contributed by atoms with van der Waals surface area (Å²) in [7, 11) is 0. The second-order valence-electron chi connectivity index (χ2n) is 3.24. The van der Waals surface area contributed by atoms with Crippen molar-refractivity contribution in [3.05, 3.63) is 28.3 Å². The van der Waals surface area contributed by atoms with Crippen LogP contribution in [0.15, 0.2) is 12.1 Å². The highest BCUT2D eigenvalue weighted by Gasteiger charge is 2.19. The summed E-state index contributed by atoms with van der Waals surface area (Å²) in [6.45, 7) is 3.32. The van der Waals surface area contributed by atoms with Gasteiger partial charge in [-0.3, -0.25) is 4.79 Å². The number of rotatable bonds is 2. The number of nitrogens with two attached hydrogens (primary N) is 1. The molecule has 0 aromatic heterocycles. The van der Waals surface area contributed by atoms with Crippen LogP contribution in [0.5, 0.6) is 5.75 Å². The average Bonchev–Trinajstić information content (AvgIpc) is 2.12. The van der Waals surface area contributed by atoms with Crippen molar-refractivity contribution in [1.82, 2.24) is 0 Å². The Balaban J connectivity index is 3.33. The van der Waals surface area contributed by atoms with E-state index >= 15 is 0 Å². The Hall–Kier alpha value is -1.06. The fraction of sp³-hybridized carbons (Fsp3) is 0.300. The molecule has 0 spiro atoms. The maximum atomic E-state index is 11.6. The number of phenols is 1. The van der Waals surface area contributed by atoms with Gasteiger partial charge in [-0.2, -0.15) is 0 Å². The van der Waals surface area contributed by atoms with E-state index in [2.05, 4.69) is 0 Å². The van der Waals surface area contributed by atoms with Gasteiger partial charge in [0.15, 0.2) is 5.78 Å². The van der Waals surface area contributed by atoms with Crippen molar-refractivity contribution in [2.24, 2.45) is 5.73 Å². The maximum Gasteiger partial charge on any atom is 0.184 e. The van der Waals surface area contributed by atoms with Gasteiger partial charge in [0.1, 0.15) is 5.75 Å². The lowest BCUT2D eigenvalue weighted by atomic mass is 10.0. The van der Waals surface area contributed by atoms with Crippen LogP contribution in [0.1, 0.15) is 22.8 Å². The number of halogens is 1. The molecule has 76 valence electrons. The van der Waals surface area contributed by atoms with E-state index in [0.29, 0.717) is 0 Å². The number of phenolic OH excluding ortho intramolecular Hbond substituents is 1. The molecule has 0 bridgehead atoms. The highest BCUT2D eigenvalue weighted by Crippen LogP contribution is 2.29. The molecule has 0 heterocycles. The summed E-state index contributed by atoms with van der Waals surface area (Å²) < 4.78 is 0. The third-order valence-corrected chi connectivity index (χ3v) is 2.46. The minimum Gasteiger partial charge on any atom is -0.507 e. The third-order valence-electron chi connectivity index (χ3n) is 1.97. The molecule has 1 atom stereocenters. The van der Waals surface area contributed by atoms with E-state index in [1.165, 1.54) is 6.07 Å². The summed E-state index contributed by atoms with van der Waals surface area (Å²) in [4.78, 5) is 11.6. The summed E-state index contributed by atoms with van der Waals surface area (Å²) in [5.74, 6) is -0.473. The van der Waals surface area contributed by atoms with E-state index in [0.717, 1.165) is 5.56 Å². The molecule has 0 aliphatic rings. The van der Waals surface area contributed by atoms with E-state index in [4.69, 9.17) is 17.3 Å². The number of aryl methyl sites for hydroxylation is 1. The summed E-state index contributed by atoms with van der Waals surface area (Å²) in [5.41, 5.74) is 6.29. The number of hydrogen-bond donors (Lipinski definition) is 2. The van der Waals surface area contributed by atoms with E-state index in [1.807, 2.05) is 0 Å². The molecule has 14 heavy (non-hydrogen) atoms. The van der Waals surface area contributed by atoms with Crippen molar-refractivity contribution in [3.63, 3.8) is 0 Å². The molecule has 0 saturated heterocycles. The first-order valence-corrected chi connectivity index (χ1v) is 4.60. The van der Waals surface area contributed by atoms with Gasteiger partial charge in [0, 0.05) is 0 Å². The van der Waals surface area contributed by atoms with Crippen LogP contribution < -0.4 is 5.73 Å². The summed E-state index contributed by atoms with van der Waals surface area (Å²) >= 11 is 5.90. The van der Waals surface area contributed by atoms with Gasteiger partial charge < -0.3 is 10.8 Å². The van der Waals surface area contributed by atoms with Crippen molar-refractivity contribution < 1.29 is 9.90 Å². The quantitative estimate of drug-likeness (QED) is 0.738.